The molecule has 4 nitrogen and oxygen atoms in total. The Balaban J connectivity index is 1.65. The van der Waals surface area contributed by atoms with E-state index >= 15 is 0 Å². The van der Waals surface area contributed by atoms with Gasteiger partial charge in [0, 0.05) is 0 Å². The molecular formula is C19H16FNO3. The van der Waals surface area contributed by atoms with Gasteiger partial charge in [0.1, 0.15) is 23.9 Å². The number of halogens is 1. The first kappa shape index (κ1) is 15.8. The van der Waals surface area contributed by atoms with Crippen molar-refractivity contribution >= 4 is 5.91 Å². The average Bonchev–Trinajstić information content (AvgIpc) is 3.13. The predicted octanol–water partition coefficient (Wildman–Crippen LogP) is 3.93. The molecule has 0 aliphatic rings. The van der Waals surface area contributed by atoms with Gasteiger partial charge in [-0.3, -0.25) is 4.79 Å². The minimum absolute atomic E-state index is 0.249. The number of amides is 1. The lowest BCUT2D eigenvalue weighted by Crippen LogP contribution is -2.23. The standard InChI is InChI=1S/C19H16FNO3/c20-15-9-7-14(8-10-15)13-24-18-6-2-1-5-17(18)19(22)21-12-16-4-3-11-23-16/h1-11H,12-13H2,(H,21,22). The highest BCUT2D eigenvalue weighted by Crippen LogP contribution is 2.19. The van der Waals surface area contributed by atoms with Crippen LogP contribution in [0.1, 0.15) is 21.7 Å². The molecule has 1 N–H and O–H groups in total. The van der Waals surface area contributed by atoms with Gasteiger partial charge in [0.25, 0.3) is 5.91 Å². The first-order valence-electron chi connectivity index (χ1n) is 7.49. The topological polar surface area (TPSA) is 51.5 Å². The first-order valence-corrected chi connectivity index (χ1v) is 7.49. The predicted molar refractivity (Wildman–Crippen MR) is 87.1 cm³/mol. The zero-order valence-electron chi connectivity index (χ0n) is 12.9. The van der Waals surface area contributed by atoms with Crippen LogP contribution >= 0.6 is 0 Å². The molecule has 1 heterocycles. The molecule has 122 valence electrons. The summed E-state index contributed by atoms with van der Waals surface area (Å²) < 4.78 is 23.8. The number of para-hydroxylation sites is 1. The van der Waals surface area contributed by atoms with Gasteiger partial charge >= 0.3 is 0 Å². The molecule has 1 aromatic heterocycles. The van der Waals surface area contributed by atoms with E-state index in [0.29, 0.717) is 23.6 Å². The molecule has 24 heavy (non-hydrogen) atoms. The fraction of sp³-hybridized carbons (Fsp3) is 0.105. The van der Waals surface area contributed by atoms with E-state index in [-0.39, 0.29) is 18.3 Å². The summed E-state index contributed by atoms with van der Waals surface area (Å²) in [6.45, 7) is 0.556. The maximum Gasteiger partial charge on any atom is 0.255 e. The van der Waals surface area contributed by atoms with E-state index < -0.39 is 0 Å². The van der Waals surface area contributed by atoms with E-state index in [1.54, 1.807) is 54.8 Å². The van der Waals surface area contributed by atoms with E-state index in [2.05, 4.69) is 5.32 Å². The monoisotopic (exact) mass is 325 g/mol. The second kappa shape index (κ2) is 7.46. The molecule has 1 amide bonds. The molecule has 0 spiro atoms. The molecule has 3 rings (SSSR count). The van der Waals surface area contributed by atoms with Gasteiger partial charge in [-0.2, -0.15) is 0 Å². The molecule has 0 bridgehead atoms. The van der Waals surface area contributed by atoms with Gasteiger partial charge in [0.05, 0.1) is 18.4 Å². The quantitative estimate of drug-likeness (QED) is 0.747. The summed E-state index contributed by atoms with van der Waals surface area (Å²) in [6.07, 6.45) is 1.56. The number of benzene rings is 2. The van der Waals surface area contributed by atoms with Crippen molar-refractivity contribution in [3.8, 4) is 5.75 Å². The third kappa shape index (κ3) is 4.01. The van der Waals surface area contributed by atoms with Crippen LogP contribution in [0.15, 0.2) is 71.3 Å². The Morgan fingerprint density at radius 2 is 1.83 bits per heavy atom. The normalized spacial score (nSPS) is 10.4. The van der Waals surface area contributed by atoms with Gasteiger partial charge in [-0.1, -0.05) is 24.3 Å². The highest BCUT2D eigenvalue weighted by atomic mass is 19.1. The van der Waals surface area contributed by atoms with Crippen LogP contribution < -0.4 is 10.1 Å². The maximum atomic E-state index is 12.9. The first-order chi connectivity index (χ1) is 11.7. The molecule has 0 saturated heterocycles. The van der Waals surface area contributed by atoms with E-state index in [9.17, 15) is 9.18 Å². The van der Waals surface area contributed by atoms with Crippen molar-refractivity contribution in [2.45, 2.75) is 13.2 Å². The van der Waals surface area contributed by atoms with Crippen LogP contribution in [0.5, 0.6) is 5.75 Å². The Morgan fingerprint density at radius 3 is 2.58 bits per heavy atom. The lowest BCUT2D eigenvalue weighted by molar-refractivity contribution is 0.0943. The molecule has 0 fully saturated rings. The largest absolute Gasteiger partial charge is 0.488 e. The van der Waals surface area contributed by atoms with Crippen molar-refractivity contribution in [2.24, 2.45) is 0 Å². The summed E-state index contributed by atoms with van der Waals surface area (Å²) in [5.41, 5.74) is 1.26. The average molecular weight is 325 g/mol. The highest BCUT2D eigenvalue weighted by Gasteiger charge is 2.12. The number of carbonyl (C=O) groups excluding carboxylic acids is 1. The van der Waals surface area contributed by atoms with Gasteiger partial charge in [0.2, 0.25) is 0 Å². The van der Waals surface area contributed by atoms with Gasteiger partial charge in [0.15, 0.2) is 0 Å². The van der Waals surface area contributed by atoms with Gasteiger partial charge in [-0.25, -0.2) is 4.39 Å². The molecule has 3 aromatic rings. The molecule has 0 unspecified atom stereocenters. The molecule has 0 aliphatic heterocycles. The number of furan rings is 1. The Bertz CT molecular complexity index is 798. The Labute approximate surface area is 138 Å². The summed E-state index contributed by atoms with van der Waals surface area (Å²) >= 11 is 0. The second-order valence-corrected chi connectivity index (χ2v) is 5.17. The van der Waals surface area contributed by atoms with E-state index in [0.717, 1.165) is 5.56 Å². The fourth-order valence-electron chi connectivity index (χ4n) is 2.20. The minimum atomic E-state index is -0.295. The molecule has 5 heteroatoms. The third-order valence-corrected chi connectivity index (χ3v) is 3.44. The molecule has 2 aromatic carbocycles. The van der Waals surface area contributed by atoms with Crippen molar-refractivity contribution in [3.63, 3.8) is 0 Å². The van der Waals surface area contributed by atoms with Crippen molar-refractivity contribution in [2.75, 3.05) is 0 Å². The van der Waals surface area contributed by atoms with Crippen molar-refractivity contribution in [1.29, 1.82) is 0 Å². The summed E-state index contributed by atoms with van der Waals surface area (Å²) in [5, 5.41) is 2.79. The second-order valence-electron chi connectivity index (χ2n) is 5.17. The summed E-state index contributed by atoms with van der Waals surface area (Å²) in [4.78, 5) is 12.3. The number of ether oxygens (including phenoxy) is 1. The molecule has 0 aliphatic carbocycles. The molecule has 0 radical (unpaired) electrons. The number of hydrogen-bond donors (Lipinski definition) is 1. The van der Waals surface area contributed by atoms with Crippen molar-refractivity contribution < 1.29 is 18.3 Å². The summed E-state index contributed by atoms with van der Waals surface area (Å²) in [6, 6.07) is 16.6. The lowest BCUT2D eigenvalue weighted by Gasteiger charge is -2.11. The smallest absolute Gasteiger partial charge is 0.255 e. The van der Waals surface area contributed by atoms with Gasteiger partial charge in [-0.05, 0) is 42.0 Å². The van der Waals surface area contributed by atoms with E-state index in [1.807, 2.05) is 0 Å². The number of hydrogen-bond acceptors (Lipinski definition) is 3. The van der Waals surface area contributed by atoms with Crippen LogP contribution in [0.25, 0.3) is 0 Å². The van der Waals surface area contributed by atoms with Crippen molar-refractivity contribution in [1.82, 2.24) is 5.32 Å². The van der Waals surface area contributed by atoms with Gasteiger partial charge in [-0.15, -0.1) is 0 Å². The van der Waals surface area contributed by atoms with Crippen LogP contribution in [0, 0.1) is 5.82 Å². The Kier molecular flexibility index (Phi) is 4.91. The molecule has 0 atom stereocenters. The highest BCUT2D eigenvalue weighted by molar-refractivity contribution is 5.96. The van der Waals surface area contributed by atoms with Crippen LogP contribution in [-0.2, 0) is 13.2 Å². The summed E-state index contributed by atoms with van der Waals surface area (Å²) in [7, 11) is 0. The Hall–Kier alpha value is -3.08. The zero-order chi connectivity index (χ0) is 16.8. The van der Waals surface area contributed by atoms with E-state index in [4.69, 9.17) is 9.15 Å². The maximum absolute atomic E-state index is 12.9. The Morgan fingerprint density at radius 1 is 1.04 bits per heavy atom. The third-order valence-electron chi connectivity index (χ3n) is 3.44. The lowest BCUT2D eigenvalue weighted by atomic mass is 10.2. The minimum Gasteiger partial charge on any atom is -0.488 e. The summed E-state index contributed by atoms with van der Waals surface area (Å²) in [5.74, 6) is 0.601. The SMILES string of the molecule is O=C(NCc1ccco1)c1ccccc1OCc1ccc(F)cc1. The zero-order valence-corrected chi connectivity index (χ0v) is 12.9. The number of carbonyl (C=O) groups is 1. The van der Waals surface area contributed by atoms with Crippen LogP contribution in [0.4, 0.5) is 4.39 Å². The van der Waals surface area contributed by atoms with Crippen molar-refractivity contribution in [3.05, 3.63) is 89.6 Å². The molecule has 0 saturated carbocycles. The van der Waals surface area contributed by atoms with Crippen LogP contribution in [-0.4, -0.2) is 5.91 Å². The van der Waals surface area contributed by atoms with Crippen LogP contribution in [0.3, 0.4) is 0 Å². The van der Waals surface area contributed by atoms with Gasteiger partial charge < -0.3 is 14.5 Å². The number of rotatable bonds is 6. The van der Waals surface area contributed by atoms with E-state index in [1.165, 1.54) is 12.1 Å². The molecular weight excluding hydrogens is 309 g/mol. The fourth-order valence-corrected chi connectivity index (χ4v) is 2.20. The number of nitrogens with one attached hydrogen (secondary N) is 1. The van der Waals surface area contributed by atoms with Crippen LogP contribution in [0.2, 0.25) is 0 Å².